The van der Waals surface area contributed by atoms with Crippen LogP contribution in [-0.4, -0.2) is 24.8 Å². The summed E-state index contributed by atoms with van der Waals surface area (Å²) in [5.41, 5.74) is 1.59. The van der Waals surface area contributed by atoms with Gasteiger partial charge in [0.1, 0.15) is 0 Å². The van der Waals surface area contributed by atoms with Crippen LogP contribution in [0.1, 0.15) is 52.9 Å². The summed E-state index contributed by atoms with van der Waals surface area (Å²) in [6.45, 7) is 8.73. The van der Waals surface area contributed by atoms with E-state index in [1.165, 1.54) is 24.8 Å². The average Bonchev–Trinajstić information content (AvgIpc) is 3.17. The maximum absolute atomic E-state index is 11.9. The lowest BCUT2D eigenvalue weighted by Crippen LogP contribution is -2.56. The molecule has 1 aliphatic heterocycles. The van der Waals surface area contributed by atoms with Gasteiger partial charge < -0.3 is 9.47 Å². The highest BCUT2D eigenvalue weighted by molar-refractivity contribution is 6.01. The van der Waals surface area contributed by atoms with Crippen molar-refractivity contribution in [2.24, 2.45) is 34.5 Å². The lowest BCUT2D eigenvalue weighted by molar-refractivity contribution is -0.244. The molecule has 0 bridgehead atoms. The molecular weight excluding hydrogens is 312 g/mol. The molecule has 4 aliphatic carbocycles. The van der Waals surface area contributed by atoms with E-state index in [1.807, 2.05) is 12.2 Å². The van der Waals surface area contributed by atoms with Gasteiger partial charge in [0.25, 0.3) is 0 Å². The van der Waals surface area contributed by atoms with E-state index in [0.29, 0.717) is 23.7 Å². The van der Waals surface area contributed by atoms with Gasteiger partial charge in [0.05, 0.1) is 13.2 Å². The fourth-order valence-corrected chi connectivity index (χ4v) is 7.44. The zero-order chi connectivity index (χ0) is 17.4. The SMILES string of the molecule is C[C@@H]1CC2=CC(=O)C=C[C@@]2(C)[C@H]2CC[C@]3(C)[C@@H](CCC34OCCO4)[C@H]12. The molecule has 4 fully saturated rings. The molecular formula is C22H30O3. The maximum atomic E-state index is 11.9. The van der Waals surface area contributed by atoms with Crippen LogP contribution in [0.5, 0.6) is 0 Å². The Bertz CT molecular complexity index is 671. The summed E-state index contributed by atoms with van der Waals surface area (Å²) in [7, 11) is 0. The first-order valence-electron chi connectivity index (χ1n) is 10.1. The number of rotatable bonds is 0. The minimum Gasteiger partial charge on any atom is -0.347 e. The zero-order valence-corrected chi connectivity index (χ0v) is 15.7. The number of hydrogen-bond donors (Lipinski definition) is 0. The van der Waals surface area contributed by atoms with Crippen LogP contribution in [0.25, 0.3) is 0 Å². The largest absolute Gasteiger partial charge is 0.347 e. The number of fused-ring (bicyclic) bond motifs is 6. The van der Waals surface area contributed by atoms with Crippen molar-refractivity contribution in [1.82, 2.24) is 0 Å². The highest BCUT2D eigenvalue weighted by Crippen LogP contribution is 2.69. The van der Waals surface area contributed by atoms with E-state index >= 15 is 0 Å². The summed E-state index contributed by atoms with van der Waals surface area (Å²) in [6.07, 6.45) is 11.7. The quantitative estimate of drug-likeness (QED) is 0.659. The van der Waals surface area contributed by atoms with Gasteiger partial charge in [-0.2, -0.15) is 0 Å². The summed E-state index contributed by atoms with van der Waals surface area (Å²) in [5, 5.41) is 0. The smallest absolute Gasteiger partial charge is 0.178 e. The Kier molecular flexibility index (Phi) is 3.30. The summed E-state index contributed by atoms with van der Waals surface area (Å²) >= 11 is 0. The Balaban J connectivity index is 1.54. The van der Waals surface area contributed by atoms with Crippen LogP contribution in [0.4, 0.5) is 0 Å². The molecule has 5 rings (SSSR count). The van der Waals surface area contributed by atoms with Crippen molar-refractivity contribution in [3.63, 3.8) is 0 Å². The Labute approximate surface area is 150 Å². The fraction of sp³-hybridized carbons (Fsp3) is 0.773. The molecule has 3 nitrogen and oxygen atoms in total. The summed E-state index contributed by atoms with van der Waals surface area (Å²) in [5.74, 6) is 2.49. The minimum atomic E-state index is -0.322. The van der Waals surface area contributed by atoms with E-state index in [4.69, 9.17) is 9.47 Å². The van der Waals surface area contributed by atoms with E-state index in [0.717, 1.165) is 26.1 Å². The van der Waals surface area contributed by atoms with Crippen LogP contribution in [0, 0.1) is 34.5 Å². The Hall–Kier alpha value is -0.930. The van der Waals surface area contributed by atoms with E-state index in [1.54, 1.807) is 0 Å². The van der Waals surface area contributed by atoms with Crippen molar-refractivity contribution in [2.45, 2.75) is 58.7 Å². The van der Waals surface area contributed by atoms with Crippen LogP contribution >= 0.6 is 0 Å². The molecule has 0 aromatic carbocycles. The predicted octanol–water partition coefficient (Wildman–Crippen LogP) is 4.28. The third-order valence-electron chi connectivity index (χ3n) is 8.70. The first kappa shape index (κ1) is 16.3. The Morgan fingerprint density at radius 3 is 2.56 bits per heavy atom. The van der Waals surface area contributed by atoms with Crippen molar-refractivity contribution >= 4 is 5.78 Å². The van der Waals surface area contributed by atoms with E-state index in [-0.39, 0.29) is 22.4 Å². The second-order valence-corrected chi connectivity index (χ2v) is 9.60. The molecule has 1 spiro atoms. The van der Waals surface area contributed by atoms with Crippen molar-refractivity contribution in [3.05, 3.63) is 23.8 Å². The standard InChI is InChI=1S/C22H30O3/c1-14-12-15-13-16(23)4-7-20(15,2)17-5-8-21(3)18(19(14)17)6-9-22(21)24-10-11-25-22/h4,7,13-14,17-19H,5-6,8-12H2,1-3H3/t14-,17+,18+,19-,20-,21-/m1/s1. The van der Waals surface area contributed by atoms with Gasteiger partial charge >= 0.3 is 0 Å². The highest BCUT2D eigenvalue weighted by Gasteiger charge is 2.67. The molecule has 0 aromatic heterocycles. The molecule has 0 unspecified atom stereocenters. The molecule has 1 heterocycles. The molecule has 0 radical (unpaired) electrons. The Morgan fingerprint density at radius 2 is 1.80 bits per heavy atom. The average molecular weight is 342 g/mol. The van der Waals surface area contributed by atoms with Gasteiger partial charge in [-0.15, -0.1) is 0 Å². The van der Waals surface area contributed by atoms with Gasteiger partial charge in [-0.25, -0.2) is 0 Å². The van der Waals surface area contributed by atoms with Crippen LogP contribution in [0.15, 0.2) is 23.8 Å². The van der Waals surface area contributed by atoms with Crippen LogP contribution in [0.2, 0.25) is 0 Å². The van der Waals surface area contributed by atoms with Gasteiger partial charge in [-0.05, 0) is 61.5 Å². The third kappa shape index (κ3) is 1.92. The molecule has 25 heavy (non-hydrogen) atoms. The van der Waals surface area contributed by atoms with Gasteiger partial charge in [0, 0.05) is 17.3 Å². The number of carbonyl (C=O) groups is 1. The van der Waals surface area contributed by atoms with Crippen molar-refractivity contribution in [2.75, 3.05) is 13.2 Å². The van der Waals surface area contributed by atoms with Gasteiger partial charge in [-0.3, -0.25) is 4.79 Å². The van der Waals surface area contributed by atoms with E-state index in [9.17, 15) is 4.79 Å². The molecule has 6 atom stereocenters. The lowest BCUT2D eigenvalue weighted by Gasteiger charge is -2.59. The van der Waals surface area contributed by atoms with Gasteiger partial charge in [-0.1, -0.05) is 32.4 Å². The van der Waals surface area contributed by atoms with Crippen molar-refractivity contribution in [1.29, 1.82) is 0 Å². The lowest BCUT2D eigenvalue weighted by atomic mass is 9.46. The topological polar surface area (TPSA) is 35.5 Å². The van der Waals surface area contributed by atoms with E-state index < -0.39 is 0 Å². The van der Waals surface area contributed by atoms with Crippen molar-refractivity contribution < 1.29 is 14.3 Å². The summed E-state index contributed by atoms with van der Waals surface area (Å²) < 4.78 is 12.5. The fourth-order valence-electron chi connectivity index (χ4n) is 7.44. The van der Waals surface area contributed by atoms with Crippen LogP contribution in [0.3, 0.4) is 0 Å². The zero-order valence-electron chi connectivity index (χ0n) is 15.7. The first-order chi connectivity index (χ1) is 11.9. The number of ketones is 1. The Morgan fingerprint density at radius 1 is 1.08 bits per heavy atom. The predicted molar refractivity (Wildman–Crippen MR) is 95.8 cm³/mol. The number of ether oxygens (including phenoxy) is 2. The molecule has 0 N–H and O–H groups in total. The molecule has 0 aromatic rings. The molecule has 136 valence electrons. The van der Waals surface area contributed by atoms with E-state index in [2.05, 4.69) is 26.8 Å². The molecule has 1 saturated heterocycles. The normalized spacial score (nSPS) is 50.4. The molecule has 0 amide bonds. The number of allylic oxidation sites excluding steroid dienone is 4. The third-order valence-corrected chi connectivity index (χ3v) is 8.70. The van der Waals surface area contributed by atoms with Gasteiger partial charge in [0.2, 0.25) is 0 Å². The van der Waals surface area contributed by atoms with Crippen LogP contribution in [-0.2, 0) is 14.3 Å². The van der Waals surface area contributed by atoms with Gasteiger partial charge in [0.15, 0.2) is 11.6 Å². The van der Waals surface area contributed by atoms with Crippen LogP contribution < -0.4 is 0 Å². The first-order valence-corrected chi connectivity index (χ1v) is 10.1. The second-order valence-electron chi connectivity index (χ2n) is 9.60. The summed E-state index contributed by atoms with van der Waals surface area (Å²) in [4.78, 5) is 11.9. The second kappa shape index (κ2) is 5.07. The molecule has 3 saturated carbocycles. The summed E-state index contributed by atoms with van der Waals surface area (Å²) in [6, 6.07) is 0. The monoisotopic (exact) mass is 342 g/mol. The number of carbonyl (C=O) groups excluding carboxylic acids is 1. The van der Waals surface area contributed by atoms with Crippen molar-refractivity contribution in [3.8, 4) is 0 Å². The molecule has 5 aliphatic rings. The maximum Gasteiger partial charge on any atom is 0.178 e. The highest BCUT2D eigenvalue weighted by atomic mass is 16.7. The number of hydrogen-bond acceptors (Lipinski definition) is 3. The molecule has 3 heteroatoms. The minimum absolute atomic E-state index is 0.0690.